The number of hydrogen-bond donors (Lipinski definition) is 1. The maximum atomic E-state index is 13.0. The van der Waals surface area contributed by atoms with Gasteiger partial charge in [0.1, 0.15) is 5.82 Å². The van der Waals surface area contributed by atoms with Crippen molar-refractivity contribution >= 4 is 17.2 Å². The summed E-state index contributed by atoms with van der Waals surface area (Å²) in [5.41, 5.74) is 3.13. The van der Waals surface area contributed by atoms with Crippen LogP contribution in [0.25, 0.3) is 0 Å². The van der Waals surface area contributed by atoms with Gasteiger partial charge in [-0.15, -0.1) is 11.3 Å². The smallest absolute Gasteiger partial charge is 0.225 e. The first-order valence-electron chi connectivity index (χ1n) is 8.31. The Kier molecular flexibility index (Phi) is 5.61. The van der Waals surface area contributed by atoms with Crippen LogP contribution in [0.2, 0.25) is 0 Å². The maximum absolute atomic E-state index is 13.0. The molecule has 4 heteroatoms. The Hall–Kier alpha value is -2.46. The molecule has 2 nitrogen and oxygen atoms in total. The molecular formula is C21H20FNOS. The average molecular weight is 353 g/mol. The molecule has 0 aliphatic rings. The second kappa shape index (κ2) is 8.08. The van der Waals surface area contributed by atoms with Crippen molar-refractivity contribution in [2.45, 2.75) is 25.8 Å². The highest BCUT2D eigenvalue weighted by atomic mass is 32.1. The summed E-state index contributed by atoms with van der Waals surface area (Å²) in [5.74, 6) is -0.374. The van der Waals surface area contributed by atoms with E-state index < -0.39 is 0 Å². The van der Waals surface area contributed by atoms with E-state index in [9.17, 15) is 9.18 Å². The topological polar surface area (TPSA) is 29.1 Å². The minimum absolute atomic E-state index is 0.0791. The minimum atomic E-state index is -0.295. The van der Waals surface area contributed by atoms with Crippen LogP contribution in [0.15, 0.2) is 66.0 Å². The molecular weight excluding hydrogens is 333 g/mol. The number of thiophene rings is 1. The van der Waals surface area contributed by atoms with Gasteiger partial charge < -0.3 is 5.32 Å². The molecule has 0 spiro atoms. The van der Waals surface area contributed by atoms with E-state index >= 15 is 0 Å². The average Bonchev–Trinajstić information content (AvgIpc) is 3.16. The third kappa shape index (κ3) is 4.54. The van der Waals surface area contributed by atoms with E-state index in [1.165, 1.54) is 17.7 Å². The lowest BCUT2D eigenvalue weighted by atomic mass is 10.0. The lowest BCUT2D eigenvalue weighted by molar-refractivity contribution is -0.120. The maximum Gasteiger partial charge on any atom is 0.225 e. The first kappa shape index (κ1) is 17.4. The SMILES string of the molecule is CCc1ccc([C@H](NC(=O)Cc2ccc(F)cc2)c2cccs2)cc1. The number of nitrogens with one attached hydrogen (secondary N) is 1. The molecule has 1 N–H and O–H groups in total. The Morgan fingerprint density at radius 1 is 1.04 bits per heavy atom. The first-order chi connectivity index (χ1) is 12.2. The second-order valence-corrected chi connectivity index (χ2v) is 6.89. The highest BCUT2D eigenvalue weighted by Crippen LogP contribution is 2.26. The number of hydrogen-bond acceptors (Lipinski definition) is 2. The van der Waals surface area contributed by atoms with Crippen molar-refractivity contribution in [3.63, 3.8) is 0 Å². The van der Waals surface area contributed by atoms with Gasteiger partial charge in [-0.2, -0.15) is 0 Å². The van der Waals surface area contributed by atoms with Crippen molar-refractivity contribution in [3.8, 4) is 0 Å². The van der Waals surface area contributed by atoms with Gasteiger partial charge in [0, 0.05) is 4.88 Å². The Bertz CT molecular complexity index is 810. The highest BCUT2D eigenvalue weighted by Gasteiger charge is 2.18. The zero-order valence-corrected chi connectivity index (χ0v) is 14.9. The molecule has 2 aromatic carbocycles. The van der Waals surface area contributed by atoms with Gasteiger partial charge in [0.15, 0.2) is 0 Å². The van der Waals surface area contributed by atoms with Crippen LogP contribution >= 0.6 is 11.3 Å². The van der Waals surface area contributed by atoms with Crippen molar-refractivity contribution in [2.75, 3.05) is 0 Å². The van der Waals surface area contributed by atoms with Crippen LogP contribution in [0.3, 0.4) is 0 Å². The lowest BCUT2D eigenvalue weighted by Crippen LogP contribution is -2.30. The second-order valence-electron chi connectivity index (χ2n) is 5.91. The van der Waals surface area contributed by atoms with Crippen LogP contribution < -0.4 is 5.32 Å². The summed E-state index contributed by atoms with van der Waals surface area (Å²) in [6, 6.07) is 18.2. The summed E-state index contributed by atoms with van der Waals surface area (Å²) in [6.07, 6.45) is 1.22. The fourth-order valence-electron chi connectivity index (χ4n) is 2.72. The third-order valence-electron chi connectivity index (χ3n) is 4.13. The summed E-state index contributed by atoms with van der Waals surface area (Å²) >= 11 is 1.62. The molecule has 1 amide bonds. The van der Waals surface area contributed by atoms with Crippen LogP contribution in [-0.2, 0) is 17.6 Å². The Balaban J connectivity index is 1.77. The molecule has 0 radical (unpaired) electrons. The first-order valence-corrected chi connectivity index (χ1v) is 9.19. The monoisotopic (exact) mass is 353 g/mol. The fraction of sp³-hybridized carbons (Fsp3) is 0.190. The molecule has 0 fully saturated rings. The number of carbonyl (C=O) groups is 1. The number of rotatable bonds is 6. The Morgan fingerprint density at radius 3 is 2.32 bits per heavy atom. The molecule has 25 heavy (non-hydrogen) atoms. The van der Waals surface area contributed by atoms with Gasteiger partial charge >= 0.3 is 0 Å². The normalized spacial score (nSPS) is 11.9. The van der Waals surface area contributed by atoms with Crippen LogP contribution in [0.1, 0.15) is 34.5 Å². The largest absolute Gasteiger partial charge is 0.344 e. The number of benzene rings is 2. The van der Waals surface area contributed by atoms with Crippen molar-refractivity contribution in [1.29, 1.82) is 0 Å². The van der Waals surface area contributed by atoms with Gasteiger partial charge in [-0.25, -0.2) is 4.39 Å². The van der Waals surface area contributed by atoms with E-state index in [2.05, 4.69) is 36.5 Å². The zero-order valence-electron chi connectivity index (χ0n) is 14.0. The predicted octanol–water partition coefficient (Wildman–Crippen LogP) is 4.90. The molecule has 3 rings (SSSR count). The van der Waals surface area contributed by atoms with Gasteiger partial charge in [-0.3, -0.25) is 4.79 Å². The van der Waals surface area contributed by atoms with E-state index in [0.29, 0.717) is 0 Å². The summed E-state index contributed by atoms with van der Waals surface area (Å²) in [5, 5.41) is 5.12. The molecule has 128 valence electrons. The Morgan fingerprint density at radius 2 is 1.72 bits per heavy atom. The molecule has 0 saturated carbocycles. The number of halogens is 1. The quantitative estimate of drug-likeness (QED) is 0.671. The van der Waals surface area contributed by atoms with Crippen molar-refractivity contribution in [3.05, 3.63) is 93.4 Å². The number of amides is 1. The number of carbonyl (C=O) groups excluding carboxylic acids is 1. The van der Waals surface area contributed by atoms with Crippen molar-refractivity contribution in [2.24, 2.45) is 0 Å². The molecule has 1 atom stereocenters. The summed E-state index contributed by atoms with van der Waals surface area (Å²) in [6.45, 7) is 2.12. The molecule has 1 heterocycles. The molecule has 0 aliphatic carbocycles. The third-order valence-corrected chi connectivity index (χ3v) is 5.07. The van der Waals surface area contributed by atoms with E-state index in [1.54, 1.807) is 23.5 Å². The van der Waals surface area contributed by atoms with Crippen molar-refractivity contribution in [1.82, 2.24) is 5.32 Å². The summed E-state index contributed by atoms with van der Waals surface area (Å²) < 4.78 is 13.0. The van der Waals surface area contributed by atoms with Crippen LogP contribution in [-0.4, -0.2) is 5.91 Å². The van der Waals surface area contributed by atoms with Gasteiger partial charge in [0.25, 0.3) is 0 Å². The number of aryl methyl sites for hydroxylation is 1. The summed E-state index contributed by atoms with van der Waals surface area (Å²) in [7, 11) is 0. The van der Waals surface area contributed by atoms with Crippen molar-refractivity contribution < 1.29 is 9.18 Å². The van der Waals surface area contributed by atoms with E-state index in [1.807, 2.05) is 17.5 Å². The van der Waals surface area contributed by atoms with Crippen LogP contribution in [0.5, 0.6) is 0 Å². The molecule has 1 aromatic heterocycles. The summed E-state index contributed by atoms with van der Waals surface area (Å²) in [4.78, 5) is 13.6. The highest BCUT2D eigenvalue weighted by molar-refractivity contribution is 7.10. The molecule has 0 aliphatic heterocycles. The van der Waals surface area contributed by atoms with Gasteiger partial charge in [0.05, 0.1) is 12.5 Å². The Labute approximate surface area is 151 Å². The standard InChI is InChI=1S/C21H20FNOS/c1-2-15-5-9-17(10-6-15)21(19-4-3-13-25-19)23-20(24)14-16-7-11-18(22)12-8-16/h3-13,21H,2,14H2,1H3,(H,23,24)/t21-/m0/s1. The van der Waals surface area contributed by atoms with E-state index in [0.717, 1.165) is 22.4 Å². The van der Waals surface area contributed by atoms with Gasteiger partial charge in [-0.1, -0.05) is 49.4 Å². The minimum Gasteiger partial charge on any atom is -0.344 e. The van der Waals surface area contributed by atoms with E-state index in [-0.39, 0.29) is 24.2 Å². The molecule has 0 saturated heterocycles. The zero-order chi connectivity index (χ0) is 17.6. The van der Waals surface area contributed by atoms with Crippen LogP contribution in [0.4, 0.5) is 4.39 Å². The van der Waals surface area contributed by atoms with E-state index in [4.69, 9.17) is 0 Å². The molecule has 0 bridgehead atoms. The molecule has 0 unspecified atom stereocenters. The molecule has 3 aromatic rings. The van der Waals surface area contributed by atoms with Gasteiger partial charge in [-0.05, 0) is 46.7 Å². The lowest BCUT2D eigenvalue weighted by Gasteiger charge is -2.18. The van der Waals surface area contributed by atoms with Gasteiger partial charge in [0.2, 0.25) is 5.91 Å². The predicted molar refractivity (Wildman–Crippen MR) is 100 cm³/mol. The fourth-order valence-corrected chi connectivity index (χ4v) is 3.52. The van der Waals surface area contributed by atoms with Crippen LogP contribution in [0, 0.1) is 5.82 Å².